The topological polar surface area (TPSA) is 361 Å². The average Bonchev–Trinajstić information content (AvgIpc) is 3.55. The standard InChI is InChI=1S/C48H57Br2N7O18/c1-4-74-47-28(23-51)29(52)22-33(55-36(60)21-26-20-27(69-2)6-8-31(26)70-3)57(47)24-25-5-7-32(75-44-41(62)37(48(67)68)40(61)42(63)43(44)64)30(19-25)54-35(59)9-11-53-34(58)10-13-71-15-17-73-18-16-72-14-12-56-45(65)38(49)39(50)46(56)66/h5-8,19-20,22,37,40-44,61-64H,4,9-18,21,24H2,1-3H3,(H5,52,53,54,55,58,59,60,67,68)/p+1/t37-,40-,41-,42+,43-,44-/m1/s1. The number of benzene rings is 2. The Morgan fingerprint density at radius 2 is 1.44 bits per heavy atom. The smallest absolute Gasteiger partial charge is 0.312 e. The van der Waals surface area contributed by atoms with Crippen LogP contribution in [-0.4, -0.2) is 170 Å². The van der Waals surface area contributed by atoms with E-state index in [4.69, 9.17) is 38.9 Å². The fourth-order valence-electron chi connectivity index (χ4n) is 7.76. The van der Waals surface area contributed by atoms with Crippen molar-refractivity contribution in [1.29, 1.82) is 5.26 Å². The maximum atomic E-state index is 13.7. The summed E-state index contributed by atoms with van der Waals surface area (Å²) in [5.41, 5.74) is 6.99. The number of methoxy groups -OCH3 is 2. The Morgan fingerprint density at radius 3 is 2.07 bits per heavy atom. The van der Waals surface area contributed by atoms with Crippen LogP contribution in [-0.2, 0) is 55.9 Å². The molecule has 0 unspecified atom stereocenters. The summed E-state index contributed by atoms with van der Waals surface area (Å²) < 4.78 is 40.7. The molecule has 0 bridgehead atoms. The van der Waals surface area contributed by atoms with Crippen LogP contribution in [0.5, 0.6) is 23.1 Å². The second kappa shape index (κ2) is 28.4. The van der Waals surface area contributed by atoms with Crippen molar-refractivity contribution in [2.45, 2.75) is 63.3 Å². The number of nitrogens with zero attached hydrogens (tertiary/aromatic N) is 3. The van der Waals surface area contributed by atoms with Gasteiger partial charge >= 0.3 is 17.8 Å². The molecule has 0 radical (unpaired) electrons. The molecule has 1 aliphatic carbocycles. The van der Waals surface area contributed by atoms with Crippen molar-refractivity contribution >= 4 is 84.6 Å². The van der Waals surface area contributed by atoms with Crippen LogP contribution < -0.4 is 45.2 Å². The first-order valence-electron chi connectivity index (χ1n) is 23.2. The number of aliphatic hydroxyl groups excluding tert-OH is 4. The predicted molar refractivity (Wildman–Crippen MR) is 269 cm³/mol. The van der Waals surface area contributed by atoms with Gasteiger partial charge in [-0.3, -0.25) is 28.9 Å². The van der Waals surface area contributed by atoms with Gasteiger partial charge in [-0.05, 0) is 74.7 Å². The van der Waals surface area contributed by atoms with Crippen molar-refractivity contribution in [3.63, 3.8) is 0 Å². The number of ether oxygens (including phenoxy) is 7. The third-order valence-corrected chi connectivity index (χ3v) is 13.6. The number of nitriles is 1. The van der Waals surface area contributed by atoms with Crippen LogP contribution in [0.15, 0.2) is 51.4 Å². The first kappa shape index (κ1) is 59.4. The van der Waals surface area contributed by atoms with E-state index in [1.165, 1.54) is 43.1 Å². The van der Waals surface area contributed by atoms with Crippen LogP contribution >= 0.6 is 31.9 Å². The summed E-state index contributed by atoms with van der Waals surface area (Å²) >= 11 is 6.12. The molecular weight excluding hydrogens is 1120 g/mol. The largest absolute Gasteiger partial charge is 0.497 e. The summed E-state index contributed by atoms with van der Waals surface area (Å²) in [6.45, 7) is 2.40. The summed E-state index contributed by atoms with van der Waals surface area (Å²) in [6, 6.07) is 12.6. The number of pyridine rings is 1. The van der Waals surface area contributed by atoms with Crippen LogP contribution in [0.25, 0.3) is 0 Å². The Balaban J connectivity index is 1.24. The number of nitrogen functional groups attached to an aromatic ring is 1. The quantitative estimate of drug-likeness (QED) is 0.0267. The normalized spacial score (nSPS) is 19.3. The third-order valence-electron chi connectivity index (χ3n) is 11.6. The number of carboxylic acids is 1. The molecule has 5 rings (SSSR count). The molecule has 27 heteroatoms. The van der Waals surface area contributed by atoms with Crippen molar-refractivity contribution in [2.24, 2.45) is 5.92 Å². The molecule has 2 aromatic carbocycles. The zero-order valence-corrected chi connectivity index (χ0v) is 44.1. The molecule has 3 aromatic rings. The fraction of sp³-hybridized carbons (Fsp3) is 0.458. The number of nitrogens with one attached hydrogen (secondary N) is 3. The van der Waals surface area contributed by atoms with E-state index in [1.807, 2.05) is 6.07 Å². The third kappa shape index (κ3) is 15.6. The number of aromatic nitrogens is 1. The number of hydrogen-bond donors (Lipinski definition) is 9. The second-order valence-electron chi connectivity index (χ2n) is 16.6. The van der Waals surface area contributed by atoms with Gasteiger partial charge in [0.25, 0.3) is 17.6 Å². The van der Waals surface area contributed by atoms with E-state index in [-0.39, 0.29) is 128 Å². The Bertz CT molecular complexity index is 2630. The van der Waals surface area contributed by atoms with E-state index in [2.05, 4.69) is 47.8 Å². The first-order chi connectivity index (χ1) is 35.8. The first-order valence-corrected chi connectivity index (χ1v) is 24.8. The number of aliphatic hydroxyl groups is 4. The van der Waals surface area contributed by atoms with Gasteiger partial charge in [-0.25, -0.2) is 10.1 Å². The molecule has 0 spiro atoms. The van der Waals surface area contributed by atoms with Gasteiger partial charge in [0.05, 0.1) is 97.0 Å². The second-order valence-corrected chi connectivity index (χ2v) is 18.1. The SMILES string of the molecule is CCOc1c(C#N)c(N)cc(NC(=O)Cc2cc(OC)ccc2OC)[n+]1Cc1ccc(O[C@H]2[C@H](O)[C@@H](O)[C@H](O)[C@@H](C(=O)O)[C@H]2O)c(NC(=O)CCNC(=O)CCOCCOCCOCCN2C(=O)C(Br)=C(Br)C2=O)c1. The molecule has 2 heterocycles. The Hall–Kier alpha value is -6.48. The van der Waals surface area contributed by atoms with Gasteiger partial charge in [0.1, 0.15) is 63.1 Å². The lowest BCUT2D eigenvalue weighted by Gasteiger charge is -2.42. The molecule has 1 aromatic heterocycles. The fourth-order valence-corrected chi connectivity index (χ4v) is 8.53. The van der Waals surface area contributed by atoms with E-state index in [0.717, 1.165) is 4.90 Å². The lowest BCUT2D eigenvalue weighted by atomic mass is 9.78. The van der Waals surface area contributed by atoms with Crippen molar-refractivity contribution in [2.75, 3.05) is 89.9 Å². The molecule has 1 aliphatic heterocycles. The highest BCUT2D eigenvalue weighted by molar-refractivity contribution is 9.14. The number of amides is 5. The lowest BCUT2D eigenvalue weighted by Crippen LogP contribution is -2.64. The van der Waals surface area contributed by atoms with Gasteiger partial charge in [-0.15, -0.1) is 0 Å². The number of nitrogens with two attached hydrogens (primary N) is 1. The molecule has 6 atom stereocenters. The number of carbonyl (C=O) groups excluding carboxylic acids is 5. The number of rotatable bonds is 28. The highest BCUT2D eigenvalue weighted by Crippen LogP contribution is 2.35. The zero-order valence-electron chi connectivity index (χ0n) is 40.9. The summed E-state index contributed by atoms with van der Waals surface area (Å²) in [4.78, 5) is 77.0. The molecular formula is C48H58Br2N7O18+. The molecule has 5 amide bonds. The van der Waals surface area contributed by atoms with E-state index in [9.17, 15) is 59.6 Å². The predicted octanol–water partition coefficient (Wildman–Crippen LogP) is 0.234. The van der Waals surface area contributed by atoms with E-state index < -0.39 is 71.9 Å². The van der Waals surface area contributed by atoms with Crippen LogP contribution in [0, 0.1) is 17.2 Å². The molecule has 0 saturated heterocycles. The minimum atomic E-state index is -2.06. The Kier molecular flexibility index (Phi) is 22.5. The maximum Gasteiger partial charge on any atom is 0.312 e. The number of halogens is 2. The highest BCUT2D eigenvalue weighted by Gasteiger charge is 2.53. The summed E-state index contributed by atoms with van der Waals surface area (Å²) in [6.07, 6.45) is -10.5. The Morgan fingerprint density at radius 1 is 0.787 bits per heavy atom. The molecule has 406 valence electrons. The lowest BCUT2D eigenvalue weighted by molar-refractivity contribution is -0.679. The number of anilines is 3. The summed E-state index contributed by atoms with van der Waals surface area (Å²) in [5.74, 6) is -5.46. The molecule has 1 fully saturated rings. The van der Waals surface area contributed by atoms with Crippen molar-refractivity contribution in [3.05, 3.63) is 68.1 Å². The molecule has 1 saturated carbocycles. The van der Waals surface area contributed by atoms with Crippen LogP contribution in [0.2, 0.25) is 0 Å². The van der Waals surface area contributed by atoms with E-state index >= 15 is 0 Å². The number of hydrogen-bond acceptors (Lipinski definition) is 19. The zero-order chi connectivity index (χ0) is 54.9. The van der Waals surface area contributed by atoms with Gasteiger partial charge < -0.3 is 75.1 Å². The number of carboxylic acid groups (broad SMARTS) is 1. The van der Waals surface area contributed by atoms with Crippen molar-refractivity contribution in [3.8, 4) is 29.2 Å². The average molecular weight is 1180 g/mol. The minimum Gasteiger partial charge on any atom is -0.497 e. The number of aliphatic carboxylic acids is 1. The van der Waals surface area contributed by atoms with E-state index in [0.29, 0.717) is 22.6 Å². The molecule has 75 heavy (non-hydrogen) atoms. The van der Waals surface area contributed by atoms with E-state index in [1.54, 1.807) is 25.1 Å². The van der Waals surface area contributed by atoms with Gasteiger partial charge in [-0.2, -0.15) is 9.83 Å². The minimum absolute atomic E-state index is 0.0177. The van der Waals surface area contributed by atoms with Gasteiger partial charge in [-0.1, -0.05) is 6.07 Å². The monoisotopic (exact) mass is 1180 g/mol. The number of carbonyl (C=O) groups is 6. The maximum absolute atomic E-state index is 13.7. The van der Waals surface area contributed by atoms with Gasteiger partial charge in [0.15, 0.2) is 11.7 Å². The van der Waals surface area contributed by atoms with Crippen molar-refractivity contribution in [1.82, 2.24) is 10.2 Å². The molecule has 2 aliphatic rings. The Labute approximate surface area is 446 Å². The summed E-state index contributed by atoms with van der Waals surface area (Å²) in [7, 11) is 2.93. The van der Waals surface area contributed by atoms with Crippen LogP contribution in [0.3, 0.4) is 0 Å². The molecule has 10 N–H and O–H groups in total. The number of imide groups is 1. The van der Waals surface area contributed by atoms with Gasteiger partial charge in [0, 0.05) is 24.9 Å². The van der Waals surface area contributed by atoms with Crippen molar-refractivity contribution < 1.29 is 92.0 Å². The summed E-state index contributed by atoms with van der Waals surface area (Å²) in [5, 5.41) is 70.8. The highest BCUT2D eigenvalue weighted by atomic mass is 79.9. The van der Waals surface area contributed by atoms with Crippen LogP contribution in [0.4, 0.5) is 17.2 Å². The molecule has 25 nitrogen and oxygen atoms in total. The van der Waals surface area contributed by atoms with Crippen LogP contribution in [0.1, 0.15) is 36.5 Å². The van der Waals surface area contributed by atoms with Gasteiger partial charge in [0.2, 0.25) is 11.8 Å².